The van der Waals surface area contributed by atoms with Gasteiger partial charge in [-0.2, -0.15) is 0 Å². The molecule has 206 valence electrons. The number of carbonyl (C=O) groups is 2. The summed E-state index contributed by atoms with van der Waals surface area (Å²) in [7, 11) is 0. The molecule has 0 aromatic heterocycles. The Balaban J connectivity index is 1.83. The molecule has 1 saturated carbocycles. The summed E-state index contributed by atoms with van der Waals surface area (Å²) in [5.41, 5.74) is 6.81. The number of hydrogen-bond acceptors (Lipinski definition) is 4. The number of carbonyl (C=O) groups excluding carboxylic acids is 2. The summed E-state index contributed by atoms with van der Waals surface area (Å²) in [5, 5.41) is 10.3. The van der Waals surface area contributed by atoms with Crippen molar-refractivity contribution in [1.82, 2.24) is 10.6 Å². The first-order chi connectivity index (χ1) is 17.9. The van der Waals surface area contributed by atoms with Crippen molar-refractivity contribution in [3.05, 3.63) is 64.2 Å². The highest BCUT2D eigenvalue weighted by Crippen LogP contribution is 2.55. The third-order valence-electron chi connectivity index (χ3n) is 7.84. The van der Waals surface area contributed by atoms with Crippen LogP contribution in [0.3, 0.4) is 0 Å². The number of rotatable bonds is 7. The highest BCUT2D eigenvalue weighted by Gasteiger charge is 2.65. The molecule has 1 spiro atoms. The molecule has 6 nitrogen and oxygen atoms in total. The van der Waals surface area contributed by atoms with Crippen molar-refractivity contribution in [3.63, 3.8) is 0 Å². The van der Waals surface area contributed by atoms with Gasteiger partial charge in [0.15, 0.2) is 0 Å². The van der Waals surface area contributed by atoms with Crippen molar-refractivity contribution in [2.24, 2.45) is 17.1 Å². The van der Waals surface area contributed by atoms with E-state index < -0.39 is 24.0 Å². The minimum atomic E-state index is -1.11. The number of fused-ring (bicyclic) bond motifs is 2. The number of alkyl halides is 1. The zero-order chi connectivity index (χ0) is 27.8. The number of benzene rings is 1. The molecule has 1 aromatic rings. The quantitative estimate of drug-likeness (QED) is 0.346. The van der Waals surface area contributed by atoms with Gasteiger partial charge >= 0.3 is 0 Å². The van der Waals surface area contributed by atoms with Crippen LogP contribution in [0, 0.1) is 11.3 Å². The zero-order valence-corrected chi connectivity index (χ0v) is 23.6. The Kier molecular flexibility index (Phi) is 8.43. The van der Waals surface area contributed by atoms with Crippen molar-refractivity contribution in [1.29, 1.82) is 0 Å². The highest BCUT2D eigenvalue weighted by molar-refractivity contribution is 6.31. The molecule has 1 aliphatic carbocycles. The van der Waals surface area contributed by atoms with E-state index in [9.17, 15) is 14.0 Å². The SMILES string of the molecule is C=C(/C=C\C=C(\Cl)CF)[C@H]1[C@H](C(=O)N[C@H]2CC[C@@H](N)C2)N[C@H](CC(C)(C)C)[C@]12C(=O)Nc1cc(Cl)ccc12. The van der Waals surface area contributed by atoms with Crippen LogP contribution in [0.1, 0.15) is 52.0 Å². The van der Waals surface area contributed by atoms with Crippen LogP contribution in [0.4, 0.5) is 10.1 Å². The minimum absolute atomic E-state index is 0.0174. The van der Waals surface area contributed by atoms with Crippen LogP contribution in [0.2, 0.25) is 5.02 Å². The summed E-state index contributed by atoms with van der Waals surface area (Å²) in [6.45, 7) is 9.86. The van der Waals surface area contributed by atoms with Crippen LogP contribution in [-0.2, 0) is 15.0 Å². The molecule has 5 N–H and O–H groups in total. The van der Waals surface area contributed by atoms with Gasteiger partial charge in [0.25, 0.3) is 0 Å². The summed E-state index contributed by atoms with van der Waals surface area (Å²) in [4.78, 5) is 27.9. The first kappa shape index (κ1) is 28.8. The number of anilines is 1. The Morgan fingerprint density at radius 2 is 2.08 bits per heavy atom. The standard InChI is InChI=1S/C29H37Cl2FN4O2/c1-16(6-5-7-18(31)15-32)24-25(26(37)34-20-10-9-19(33)13-20)36-23(14-28(2,3)4)29(24)21-11-8-17(30)12-22(21)35-27(29)38/h5-8,11-12,19-20,23-25,36H,1,9-10,13-15,33H2,2-4H3,(H,34,37)(H,35,38)/b6-5-,18-7+/t19-,20+,23-,24+,25-,29+/m1/s1. The number of amides is 2. The van der Waals surface area contributed by atoms with E-state index in [1.165, 1.54) is 6.08 Å². The van der Waals surface area contributed by atoms with Gasteiger partial charge in [-0.25, -0.2) is 4.39 Å². The Bertz CT molecular complexity index is 1180. The Morgan fingerprint density at radius 3 is 2.71 bits per heavy atom. The van der Waals surface area contributed by atoms with E-state index in [2.05, 4.69) is 43.3 Å². The van der Waals surface area contributed by atoms with Crippen LogP contribution in [0.25, 0.3) is 0 Å². The van der Waals surface area contributed by atoms with Gasteiger partial charge in [-0.05, 0) is 60.4 Å². The van der Waals surface area contributed by atoms with E-state index >= 15 is 0 Å². The molecule has 2 aliphatic heterocycles. The number of halogens is 3. The molecule has 1 saturated heterocycles. The molecule has 38 heavy (non-hydrogen) atoms. The predicted octanol–water partition coefficient (Wildman–Crippen LogP) is 5.12. The minimum Gasteiger partial charge on any atom is -0.352 e. The molecular formula is C29H37Cl2FN4O2. The van der Waals surface area contributed by atoms with Crippen LogP contribution in [-0.4, -0.2) is 42.7 Å². The lowest BCUT2D eigenvalue weighted by atomic mass is 9.62. The molecule has 4 rings (SSSR count). The largest absolute Gasteiger partial charge is 0.352 e. The lowest BCUT2D eigenvalue weighted by molar-refractivity contribution is -0.125. The molecule has 0 radical (unpaired) electrons. The lowest BCUT2D eigenvalue weighted by Crippen LogP contribution is -2.51. The van der Waals surface area contributed by atoms with E-state index in [1.54, 1.807) is 24.3 Å². The summed E-state index contributed by atoms with van der Waals surface area (Å²) in [6.07, 6.45) is 7.78. The maximum absolute atomic E-state index is 14.1. The molecule has 2 heterocycles. The molecule has 3 aliphatic rings. The second-order valence-electron chi connectivity index (χ2n) is 11.9. The Hall–Kier alpha value is -2.19. The first-order valence-electron chi connectivity index (χ1n) is 13.1. The zero-order valence-electron chi connectivity index (χ0n) is 22.1. The number of allylic oxidation sites excluding steroid dienone is 4. The highest BCUT2D eigenvalue weighted by atomic mass is 35.5. The van der Waals surface area contributed by atoms with Crippen molar-refractivity contribution < 1.29 is 14.0 Å². The van der Waals surface area contributed by atoms with E-state index in [0.717, 1.165) is 24.8 Å². The number of hydrogen-bond donors (Lipinski definition) is 4. The molecule has 9 heteroatoms. The smallest absolute Gasteiger partial charge is 0.238 e. The number of nitrogens with two attached hydrogens (primary N) is 1. The van der Waals surface area contributed by atoms with Crippen molar-refractivity contribution in [3.8, 4) is 0 Å². The third-order valence-corrected chi connectivity index (χ3v) is 8.30. The van der Waals surface area contributed by atoms with E-state index in [-0.39, 0.29) is 40.4 Å². The second-order valence-corrected chi connectivity index (χ2v) is 12.8. The first-order valence-corrected chi connectivity index (χ1v) is 13.8. The Labute approximate surface area is 234 Å². The molecule has 2 fully saturated rings. The van der Waals surface area contributed by atoms with Crippen molar-refractivity contribution in [2.75, 3.05) is 12.0 Å². The van der Waals surface area contributed by atoms with Crippen LogP contribution in [0.15, 0.2) is 53.6 Å². The normalized spacial score (nSPS) is 31.2. The average Bonchev–Trinajstić information content (AvgIpc) is 3.47. The fourth-order valence-electron chi connectivity index (χ4n) is 6.34. The lowest BCUT2D eigenvalue weighted by Gasteiger charge is -2.37. The fraction of sp³-hybridized carbons (Fsp3) is 0.517. The topological polar surface area (TPSA) is 96.2 Å². The van der Waals surface area contributed by atoms with Gasteiger partial charge in [0.05, 0.1) is 6.04 Å². The monoisotopic (exact) mass is 562 g/mol. The molecule has 1 aromatic carbocycles. The molecule has 0 unspecified atom stereocenters. The second kappa shape index (κ2) is 11.1. The van der Waals surface area contributed by atoms with Crippen molar-refractivity contribution in [2.45, 2.75) is 76.0 Å². The van der Waals surface area contributed by atoms with E-state index in [1.807, 2.05) is 6.07 Å². The Morgan fingerprint density at radius 1 is 1.34 bits per heavy atom. The van der Waals surface area contributed by atoms with Crippen molar-refractivity contribution >= 4 is 40.7 Å². The van der Waals surface area contributed by atoms with Crippen LogP contribution in [0.5, 0.6) is 0 Å². The van der Waals surface area contributed by atoms with Gasteiger partial charge < -0.3 is 21.7 Å². The fourth-order valence-corrected chi connectivity index (χ4v) is 6.58. The molecular weight excluding hydrogens is 526 g/mol. The van der Waals surface area contributed by atoms with Gasteiger partial charge in [-0.3, -0.25) is 9.59 Å². The predicted molar refractivity (Wildman–Crippen MR) is 152 cm³/mol. The van der Waals surface area contributed by atoms with Gasteiger partial charge in [0, 0.05) is 39.8 Å². The summed E-state index contributed by atoms with van der Waals surface area (Å²) in [5.74, 6) is -1.01. The summed E-state index contributed by atoms with van der Waals surface area (Å²) in [6, 6.07) is 4.32. The van der Waals surface area contributed by atoms with Gasteiger partial charge in [-0.1, -0.05) is 68.8 Å². The maximum Gasteiger partial charge on any atom is 0.238 e. The van der Waals surface area contributed by atoms with Gasteiger partial charge in [-0.15, -0.1) is 0 Å². The third kappa shape index (κ3) is 5.57. The summed E-state index contributed by atoms with van der Waals surface area (Å²) >= 11 is 12.1. The molecule has 6 atom stereocenters. The van der Waals surface area contributed by atoms with Crippen LogP contribution < -0.4 is 21.7 Å². The van der Waals surface area contributed by atoms with Gasteiger partial charge in [0.2, 0.25) is 11.8 Å². The van der Waals surface area contributed by atoms with E-state index in [4.69, 9.17) is 28.9 Å². The molecule has 2 amide bonds. The number of nitrogens with one attached hydrogen (secondary N) is 3. The van der Waals surface area contributed by atoms with Gasteiger partial charge in [0.1, 0.15) is 12.1 Å². The van der Waals surface area contributed by atoms with Crippen LogP contribution >= 0.6 is 23.2 Å². The summed E-state index contributed by atoms with van der Waals surface area (Å²) < 4.78 is 12.9. The molecule has 0 bridgehead atoms. The maximum atomic E-state index is 14.1. The average molecular weight is 564 g/mol. The van der Waals surface area contributed by atoms with E-state index in [0.29, 0.717) is 22.7 Å².